The van der Waals surface area contributed by atoms with Crippen molar-refractivity contribution in [3.05, 3.63) is 23.8 Å². The Bertz CT molecular complexity index is 646. The lowest BCUT2D eigenvalue weighted by molar-refractivity contribution is -0.122. The highest BCUT2D eigenvalue weighted by Gasteiger charge is 2.27. The predicted molar refractivity (Wildman–Crippen MR) is 101 cm³/mol. The van der Waals surface area contributed by atoms with E-state index in [1.807, 2.05) is 37.9 Å². The highest BCUT2D eigenvalue weighted by molar-refractivity contribution is 5.95. The van der Waals surface area contributed by atoms with E-state index in [0.717, 1.165) is 11.4 Å². The monoisotopic (exact) mass is 363 g/mol. The van der Waals surface area contributed by atoms with Gasteiger partial charge in [-0.05, 0) is 32.0 Å². The van der Waals surface area contributed by atoms with Crippen molar-refractivity contribution in [1.82, 2.24) is 10.2 Å². The molecule has 0 spiro atoms. The summed E-state index contributed by atoms with van der Waals surface area (Å²) in [6.45, 7) is 5.35. The zero-order valence-corrected chi connectivity index (χ0v) is 16.2. The standard InChI is InChI=1S/C19H29N3O4/c1-13(2)25-9-8-20-18(23)11-15-12-26-17-7-6-14(19(24)21(3)4)10-16(17)22(15)5/h6-7,10,13,15H,8-9,11-12H2,1-5H3,(H,20,23)/t15-/m0/s1. The quantitative estimate of drug-likeness (QED) is 0.744. The minimum absolute atomic E-state index is 0.0400. The number of hydrogen-bond donors (Lipinski definition) is 1. The van der Waals surface area contributed by atoms with Crippen molar-refractivity contribution in [3.63, 3.8) is 0 Å². The van der Waals surface area contributed by atoms with E-state index in [4.69, 9.17) is 9.47 Å². The number of likely N-dealkylation sites (N-methyl/N-ethyl adjacent to an activating group) is 1. The Morgan fingerprint density at radius 3 is 2.77 bits per heavy atom. The Morgan fingerprint density at radius 1 is 1.38 bits per heavy atom. The molecule has 0 unspecified atom stereocenters. The van der Waals surface area contributed by atoms with Crippen LogP contribution in [0.1, 0.15) is 30.6 Å². The molecule has 1 N–H and O–H groups in total. The fourth-order valence-corrected chi connectivity index (χ4v) is 2.77. The predicted octanol–water partition coefficient (Wildman–Crippen LogP) is 1.52. The van der Waals surface area contributed by atoms with E-state index in [1.54, 1.807) is 20.2 Å². The maximum Gasteiger partial charge on any atom is 0.253 e. The van der Waals surface area contributed by atoms with Gasteiger partial charge in [0, 0.05) is 33.3 Å². The van der Waals surface area contributed by atoms with Gasteiger partial charge in [0.15, 0.2) is 0 Å². The molecule has 1 aromatic carbocycles. The molecule has 1 atom stereocenters. The van der Waals surface area contributed by atoms with Crippen LogP contribution in [0.3, 0.4) is 0 Å². The Hall–Kier alpha value is -2.28. The van der Waals surface area contributed by atoms with E-state index in [1.165, 1.54) is 4.90 Å². The van der Waals surface area contributed by atoms with Gasteiger partial charge >= 0.3 is 0 Å². The third kappa shape index (κ3) is 5.11. The topological polar surface area (TPSA) is 71.1 Å². The summed E-state index contributed by atoms with van der Waals surface area (Å²) in [5.74, 6) is 0.623. The van der Waals surface area contributed by atoms with E-state index >= 15 is 0 Å². The van der Waals surface area contributed by atoms with Gasteiger partial charge in [-0.15, -0.1) is 0 Å². The minimum atomic E-state index is -0.0850. The first kappa shape index (κ1) is 20.0. The summed E-state index contributed by atoms with van der Waals surface area (Å²) in [6.07, 6.45) is 0.476. The molecular formula is C19H29N3O4. The molecular weight excluding hydrogens is 334 g/mol. The summed E-state index contributed by atoms with van der Waals surface area (Å²) in [7, 11) is 5.36. The van der Waals surface area contributed by atoms with Gasteiger partial charge in [0.25, 0.3) is 5.91 Å². The van der Waals surface area contributed by atoms with Gasteiger partial charge in [-0.3, -0.25) is 9.59 Å². The highest BCUT2D eigenvalue weighted by atomic mass is 16.5. The fourth-order valence-electron chi connectivity index (χ4n) is 2.77. The second-order valence-electron chi connectivity index (χ2n) is 6.93. The number of benzene rings is 1. The van der Waals surface area contributed by atoms with Crippen molar-refractivity contribution in [1.29, 1.82) is 0 Å². The molecule has 1 aliphatic heterocycles. The van der Waals surface area contributed by atoms with Gasteiger partial charge in [-0.1, -0.05) is 0 Å². The number of amides is 2. The van der Waals surface area contributed by atoms with E-state index in [9.17, 15) is 9.59 Å². The maximum absolute atomic E-state index is 12.2. The summed E-state index contributed by atoms with van der Waals surface area (Å²) in [4.78, 5) is 27.9. The Morgan fingerprint density at radius 2 is 2.12 bits per heavy atom. The molecule has 7 heteroatoms. The lowest BCUT2D eigenvalue weighted by Crippen LogP contribution is -2.44. The number of nitrogens with one attached hydrogen (secondary N) is 1. The van der Waals surface area contributed by atoms with Crippen LogP contribution in [0.2, 0.25) is 0 Å². The van der Waals surface area contributed by atoms with Crippen LogP contribution in [0.15, 0.2) is 18.2 Å². The summed E-state index contributed by atoms with van der Waals surface area (Å²) in [5, 5.41) is 2.87. The molecule has 2 rings (SSSR count). The van der Waals surface area contributed by atoms with Crippen molar-refractivity contribution < 1.29 is 19.1 Å². The molecule has 0 fully saturated rings. The van der Waals surface area contributed by atoms with Gasteiger partial charge in [-0.25, -0.2) is 0 Å². The van der Waals surface area contributed by atoms with Crippen molar-refractivity contribution in [3.8, 4) is 5.75 Å². The highest BCUT2D eigenvalue weighted by Crippen LogP contribution is 2.34. The molecule has 0 saturated carbocycles. The smallest absolute Gasteiger partial charge is 0.253 e. The number of anilines is 1. The van der Waals surface area contributed by atoms with Crippen LogP contribution in [-0.4, -0.2) is 69.8 Å². The molecule has 144 valence electrons. The average molecular weight is 363 g/mol. The molecule has 7 nitrogen and oxygen atoms in total. The number of rotatable bonds is 7. The van der Waals surface area contributed by atoms with E-state index in [0.29, 0.717) is 31.7 Å². The van der Waals surface area contributed by atoms with Gasteiger partial charge in [0.05, 0.1) is 30.9 Å². The SMILES string of the molecule is CC(C)OCCNC(=O)C[C@H]1COc2ccc(C(=O)N(C)C)cc2N1C. The molecule has 0 aliphatic carbocycles. The third-order valence-electron chi connectivity index (χ3n) is 4.27. The first-order valence-corrected chi connectivity index (χ1v) is 8.89. The zero-order valence-electron chi connectivity index (χ0n) is 16.2. The molecule has 0 aromatic heterocycles. The largest absolute Gasteiger partial charge is 0.489 e. The van der Waals surface area contributed by atoms with E-state index in [-0.39, 0.29) is 24.0 Å². The summed E-state index contributed by atoms with van der Waals surface area (Å²) in [5.41, 5.74) is 1.42. The van der Waals surface area contributed by atoms with Crippen molar-refractivity contribution in [2.45, 2.75) is 32.4 Å². The number of hydrogen-bond acceptors (Lipinski definition) is 5. The normalized spacial score (nSPS) is 16.1. The van der Waals surface area contributed by atoms with Crippen LogP contribution in [0.5, 0.6) is 5.75 Å². The first-order valence-electron chi connectivity index (χ1n) is 8.89. The van der Waals surface area contributed by atoms with Gasteiger partial charge in [-0.2, -0.15) is 0 Å². The maximum atomic E-state index is 12.2. The molecule has 26 heavy (non-hydrogen) atoms. The van der Waals surface area contributed by atoms with Gasteiger partial charge in [0.1, 0.15) is 12.4 Å². The summed E-state index contributed by atoms with van der Waals surface area (Å²) in [6, 6.07) is 5.30. The van der Waals surface area contributed by atoms with Crippen LogP contribution in [0, 0.1) is 0 Å². The van der Waals surface area contributed by atoms with Crippen molar-refractivity contribution >= 4 is 17.5 Å². The number of carbonyl (C=O) groups excluding carboxylic acids is 2. The second kappa shape index (κ2) is 8.89. The minimum Gasteiger partial charge on any atom is -0.489 e. The molecule has 1 heterocycles. The van der Waals surface area contributed by atoms with Gasteiger partial charge < -0.3 is 24.6 Å². The van der Waals surface area contributed by atoms with Crippen LogP contribution >= 0.6 is 0 Å². The van der Waals surface area contributed by atoms with Gasteiger partial charge in [0.2, 0.25) is 5.91 Å². The van der Waals surface area contributed by atoms with Crippen molar-refractivity contribution in [2.24, 2.45) is 0 Å². The third-order valence-corrected chi connectivity index (χ3v) is 4.27. The Labute approximate surface area is 155 Å². The number of fused-ring (bicyclic) bond motifs is 1. The average Bonchev–Trinajstić information content (AvgIpc) is 2.60. The van der Waals surface area contributed by atoms with Crippen molar-refractivity contribution in [2.75, 3.05) is 45.8 Å². The first-order chi connectivity index (χ1) is 12.3. The van der Waals surface area contributed by atoms with E-state index in [2.05, 4.69) is 5.32 Å². The molecule has 1 aliphatic rings. The summed E-state index contributed by atoms with van der Waals surface area (Å²) >= 11 is 0. The van der Waals surface area contributed by atoms with Crippen LogP contribution < -0.4 is 15.0 Å². The second-order valence-corrected chi connectivity index (χ2v) is 6.93. The lowest BCUT2D eigenvalue weighted by atomic mass is 10.1. The zero-order chi connectivity index (χ0) is 19.3. The fraction of sp³-hybridized carbons (Fsp3) is 0.579. The molecule has 2 amide bonds. The van der Waals surface area contributed by atoms with Crippen LogP contribution in [0.25, 0.3) is 0 Å². The van der Waals surface area contributed by atoms with Crippen LogP contribution in [-0.2, 0) is 9.53 Å². The molecule has 0 radical (unpaired) electrons. The Kier molecular flexibility index (Phi) is 6.85. The Balaban J connectivity index is 1.97. The number of ether oxygens (including phenoxy) is 2. The lowest BCUT2D eigenvalue weighted by Gasteiger charge is -2.35. The number of nitrogens with zero attached hydrogens (tertiary/aromatic N) is 2. The molecule has 0 saturated heterocycles. The van der Waals surface area contributed by atoms with E-state index < -0.39 is 0 Å². The van der Waals surface area contributed by atoms with Crippen LogP contribution in [0.4, 0.5) is 5.69 Å². The summed E-state index contributed by atoms with van der Waals surface area (Å²) < 4.78 is 11.2. The number of carbonyl (C=O) groups is 2. The molecule has 0 bridgehead atoms. The molecule has 1 aromatic rings.